The topological polar surface area (TPSA) is 54.9 Å². The second kappa shape index (κ2) is 7.49. The average molecular weight is 333 g/mol. The number of carbonyl (C=O) groups is 1. The maximum atomic E-state index is 12.8. The Morgan fingerprint density at radius 2 is 2.04 bits per heavy atom. The van der Waals surface area contributed by atoms with Gasteiger partial charge in [-0.2, -0.15) is 0 Å². The summed E-state index contributed by atoms with van der Waals surface area (Å²) >= 11 is 0. The maximum absolute atomic E-state index is 12.8. The molecule has 0 aliphatic carbocycles. The first-order chi connectivity index (χ1) is 11.6. The van der Waals surface area contributed by atoms with Crippen molar-refractivity contribution in [3.05, 3.63) is 23.9 Å². The molecule has 0 aromatic carbocycles. The summed E-state index contributed by atoms with van der Waals surface area (Å²) in [4.78, 5) is 21.1. The molecule has 0 N–H and O–H groups in total. The van der Waals surface area contributed by atoms with Crippen LogP contribution < -0.4 is 4.74 Å². The van der Waals surface area contributed by atoms with E-state index in [4.69, 9.17) is 9.47 Å². The van der Waals surface area contributed by atoms with Gasteiger partial charge in [0.2, 0.25) is 11.8 Å². The van der Waals surface area contributed by atoms with Gasteiger partial charge in [0.25, 0.3) is 0 Å². The van der Waals surface area contributed by atoms with E-state index in [1.54, 1.807) is 13.3 Å². The van der Waals surface area contributed by atoms with Crippen molar-refractivity contribution in [1.82, 2.24) is 14.8 Å². The van der Waals surface area contributed by atoms with E-state index in [0.717, 1.165) is 44.5 Å². The van der Waals surface area contributed by atoms with Crippen LogP contribution in [-0.4, -0.2) is 72.7 Å². The second-order valence-corrected chi connectivity index (χ2v) is 6.86. The van der Waals surface area contributed by atoms with Gasteiger partial charge in [-0.05, 0) is 32.0 Å². The zero-order valence-electron chi connectivity index (χ0n) is 14.8. The number of hydrogen-bond donors (Lipinski definition) is 0. The highest BCUT2D eigenvalue weighted by Crippen LogP contribution is 2.23. The number of pyridine rings is 1. The Hall–Kier alpha value is -1.66. The van der Waals surface area contributed by atoms with Crippen LogP contribution in [0.4, 0.5) is 0 Å². The Labute approximate surface area is 143 Å². The molecule has 0 radical (unpaired) electrons. The third-order valence-electron chi connectivity index (χ3n) is 5.06. The van der Waals surface area contributed by atoms with Crippen LogP contribution in [-0.2, 0) is 9.53 Å². The van der Waals surface area contributed by atoms with E-state index in [1.165, 1.54) is 0 Å². The zero-order valence-corrected chi connectivity index (χ0v) is 14.8. The molecule has 24 heavy (non-hydrogen) atoms. The molecule has 2 saturated heterocycles. The molecule has 0 bridgehead atoms. The number of methoxy groups -OCH3 is 1. The van der Waals surface area contributed by atoms with Gasteiger partial charge in [-0.3, -0.25) is 9.69 Å². The minimum atomic E-state index is -0.0501. The molecule has 2 fully saturated rings. The highest BCUT2D eigenvalue weighted by molar-refractivity contribution is 5.82. The van der Waals surface area contributed by atoms with Crippen LogP contribution >= 0.6 is 0 Å². The van der Waals surface area contributed by atoms with Crippen LogP contribution in [0, 0.1) is 6.92 Å². The van der Waals surface area contributed by atoms with Crippen LogP contribution in [0.25, 0.3) is 0 Å². The highest BCUT2D eigenvalue weighted by Gasteiger charge is 2.37. The number of piperidine rings is 1. The lowest BCUT2D eigenvalue weighted by atomic mass is 10.1. The summed E-state index contributed by atoms with van der Waals surface area (Å²) in [7, 11) is 3.72. The quantitative estimate of drug-likeness (QED) is 0.835. The number of nitrogens with zero attached hydrogens (tertiary/aromatic N) is 3. The SMILES string of the molecule is CO[C@H]1C[C@@H](C(=O)N2CCC(Oc3cc(C)ccn3)CC2)N(C)C1. The molecule has 3 rings (SSSR count). The monoisotopic (exact) mass is 333 g/mol. The lowest BCUT2D eigenvalue weighted by Gasteiger charge is -2.34. The van der Waals surface area contributed by atoms with Crippen LogP contribution in [0.15, 0.2) is 18.3 Å². The van der Waals surface area contributed by atoms with Crippen molar-refractivity contribution in [3.8, 4) is 5.88 Å². The lowest BCUT2D eigenvalue weighted by molar-refractivity contribution is -0.137. The minimum Gasteiger partial charge on any atom is -0.474 e. The van der Waals surface area contributed by atoms with Crippen molar-refractivity contribution in [3.63, 3.8) is 0 Å². The molecule has 6 nitrogen and oxygen atoms in total. The molecule has 1 aromatic rings. The van der Waals surface area contributed by atoms with E-state index in [-0.39, 0.29) is 24.2 Å². The number of aryl methyl sites for hydroxylation is 1. The molecular formula is C18H27N3O3. The van der Waals surface area contributed by atoms with Gasteiger partial charge < -0.3 is 14.4 Å². The van der Waals surface area contributed by atoms with Crippen LogP contribution in [0.1, 0.15) is 24.8 Å². The molecule has 0 saturated carbocycles. The van der Waals surface area contributed by atoms with Crippen molar-refractivity contribution in [2.24, 2.45) is 0 Å². The molecule has 1 aromatic heterocycles. The number of likely N-dealkylation sites (tertiary alicyclic amines) is 2. The van der Waals surface area contributed by atoms with E-state index in [2.05, 4.69) is 9.88 Å². The normalized spacial score (nSPS) is 25.9. The number of likely N-dealkylation sites (N-methyl/N-ethyl adjacent to an activating group) is 1. The largest absolute Gasteiger partial charge is 0.474 e. The van der Waals surface area contributed by atoms with Gasteiger partial charge in [-0.25, -0.2) is 4.98 Å². The fourth-order valence-corrected chi connectivity index (χ4v) is 3.56. The van der Waals surface area contributed by atoms with Crippen LogP contribution in [0.3, 0.4) is 0 Å². The predicted molar refractivity (Wildman–Crippen MR) is 91.0 cm³/mol. The summed E-state index contributed by atoms with van der Waals surface area (Å²) < 4.78 is 11.4. The van der Waals surface area contributed by atoms with E-state index in [0.29, 0.717) is 5.88 Å². The Bertz CT molecular complexity index is 572. The summed E-state index contributed by atoms with van der Waals surface area (Å²) in [6, 6.07) is 3.86. The molecule has 3 heterocycles. The zero-order chi connectivity index (χ0) is 17.1. The summed E-state index contributed by atoms with van der Waals surface area (Å²) in [5, 5.41) is 0. The fraction of sp³-hybridized carbons (Fsp3) is 0.667. The first kappa shape index (κ1) is 17.2. The molecule has 0 unspecified atom stereocenters. The average Bonchev–Trinajstić information content (AvgIpc) is 2.96. The molecule has 2 atom stereocenters. The van der Waals surface area contributed by atoms with Gasteiger partial charge in [-0.15, -0.1) is 0 Å². The van der Waals surface area contributed by atoms with Crippen molar-refractivity contribution >= 4 is 5.91 Å². The second-order valence-electron chi connectivity index (χ2n) is 6.86. The Morgan fingerprint density at radius 1 is 1.29 bits per heavy atom. The van der Waals surface area contributed by atoms with Crippen LogP contribution in [0.2, 0.25) is 0 Å². The number of aromatic nitrogens is 1. The summed E-state index contributed by atoms with van der Waals surface area (Å²) in [5.41, 5.74) is 1.14. The molecule has 6 heteroatoms. The van der Waals surface area contributed by atoms with Gasteiger partial charge in [-0.1, -0.05) is 0 Å². The fourth-order valence-electron chi connectivity index (χ4n) is 3.56. The standard InChI is InChI=1S/C18H27N3O3/c1-13-4-7-19-17(10-13)24-14-5-8-21(9-6-14)18(22)16-11-15(23-3)12-20(16)2/h4,7,10,14-16H,5-6,8-9,11-12H2,1-3H3/t15-,16-/m0/s1. The van der Waals surface area contributed by atoms with E-state index in [9.17, 15) is 4.79 Å². The first-order valence-corrected chi connectivity index (χ1v) is 8.68. The van der Waals surface area contributed by atoms with Crippen LogP contribution in [0.5, 0.6) is 5.88 Å². The number of carbonyl (C=O) groups excluding carboxylic acids is 1. The number of rotatable bonds is 4. The minimum absolute atomic E-state index is 0.0501. The summed E-state index contributed by atoms with van der Waals surface area (Å²) in [6.07, 6.45) is 4.56. The number of ether oxygens (including phenoxy) is 2. The van der Waals surface area contributed by atoms with Crippen molar-refractivity contribution in [2.75, 3.05) is 33.8 Å². The third-order valence-corrected chi connectivity index (χ3v) is 5.06. The van der Waals surface area contributed by atoms with Gasteiger partial charge in [0.05, 0.1) is 12.1 Å². The van der Waals surface area contributed by atoms with Gasteiger partial charge in [0.15, 0.2) is 0 Å². The number of hydrogen-bond acceptors (Lipinski definition) is 5. The van der Waals surface area contributed by atoms with Crippen molar-refractivity contribution in [2.45, 2.75) is 44.4 Å². The van der Waals surface area contributed by atoms with Gasteiger partial charge >= 0.3 is 0 Å². The van der Waals surface area contributed by atoms with E-state index < -0.39 is 0 Å². The summed E-state index contributed by atoms with van der Waals surface area (Å²) in [6.45, 7) is 4.35. The Morgan fingerprint density at radius 3 is 2.67 bits per heavy atom. The molecule has 1 amide bonds. The Kier molecular flexibility index (Phi) is 5.36. The van der Waals surface area contributed by atoms with Crippen molar-refractivity contribution in [1.29, 1.82) is 0 Å². The van der Waals surface area contributed by atoms with Gasteiger partial charge in [0, 0.05) is 51.8 Å². The molecule has 2 aliphatic heterocycles. The van der Waals surface area contributed by atoms with Gasteiger partial charge in [0.1, 0.15) is 6.10 Å². The number of amides is 1. The van der Waals surface area contributed by atoms with E-state index in [1.807, 2.05) is 31.0 Å². The van der Waals surface area contributed by atoms with E-state index >= 15 is 0 Å². The highest BCUT2D eigenvalue weighted by atomic mass is 16.5. The molecule has 0 spiro atoms. The first-order valence-electron chi connectivity index (χ1n) is 8.68. The lowest BCUT2D eigenvalue weighted by Crippen LogP contribution is -2.48. The third kappa shape index (κ3) is 3.87. The van der Waals surface area contributed by atoms with Crippen molar-refractivity contribution < 1.29 is 14.3 Å². The molecule has 132 valence electrons. The molecular weight excluding hydrogens is 306 g/mol. The Balaban J connectivity index is 1.50. The smallest absolute Gasteiger partial charge is 0.240 e. The summed E-state index contributed by atoms with van der Waals surface area (Å²) in [5.74, 6) is 0.905. The maximum Gasteiger partial charge on any atom is 0.240 e. The predicted octanol–water partition coefficient (Wildman–Crippen LogP) is 1.48. The molecule has 2 aliphatic rings.